The normalized spacial score (nSPS) is 13.9. The molecule has 1 aliphatic rings. The first-order chi connectivity index (χ1) is 19.9. The molecule has 5 rings (SSSR count). The van der Waals surface area contributed by atoms with Gasteiger partial charge in [0.05, 0.1) is 11.3 Å². The number of thioether (sulfide) groups is 1. The number of nitrogens with zero attached hydrogens (tertiary/aromatic N) is 1. The Labute approximate surface area is 253 Å². The summed E-state index contributed by atoms with van der Waals surface area (Å²) in [5.41, 5.74) is 5.23. The molecule has 0 bridgehead atoms. The average molecular weight is 597 g/mol. The number of nitriles is 1. The van der Waals surface area contributed by atoms with E-state index in [0.29, 0.717) is 27.2 Å². The zero-order chi connectivity index (χ0) is 28.8. The summed E-state index contributed by atoms with van der Waals surface area (Å²) in [6, 6.07) is 27.6. The fourth-order valence-electron chi connectivity index (χ4n) is 4.86. The van der Waals surface area contributed by atoms with Crippen molar-refractivity contribution in [1.82, 2.24) is 0 Å². The second-order valence-corrected chi connectivity index (χ2v) is 12.3. The van der Waals surface area contributed by atoms with Crippen molar-refractivity contribution in [2.45, 2.75) is 37.0 Å². The molecule has 4 aromatic rings. The van der Waals surface area contributed by atoms with Gasteiger partial charge in [-0.3, -0.25) is 9.59 Å². The molecule has 0 aliphatic heterocycles. The van der Waals surface area contributed by atoms with Crippen LogP contribution >= 0.6 is 35.3 Å². The highest BCUT2D eigenvalue weighted by molar-refractivity contribution is 8.00. The third kappa shape index (κ3) is 7.22. The van der Waals surface area contributed by atoms with E-state index in [9.17, 15) is 14.9 Å². The van der Waals surface area contributed by atoms with Gasteiger partial charge < -0.3 is 16.0 Å². The number of thiophene rings is 1. The largest absolute Gasteiger partial charge is 0.332 e. The van der Waals surface area contributed by atoms with Crippen molar-refractivity contribution in [3.8, 4) is 6.07 Å². The molecule has 41 heavy (non-hydrogen) atoms. The van der Waals surface area contributed by atoms with Crippen LogP contribution in [0.4, 0.5) is 16.4 Å². The zero-order valence-electron chi connectivity index (χ0n) is 22.4. The number of carbonyl (C=O) groups is 2. The molecule has 206 valence electrons. The van der Waals surface area contributed by atoms with E-state index in [2.05, 4.69) is 46.3 Å². The molecule has 0 spiro atoms. The Balaban J connectivity index is 1.16. The minimum atomic E-state index is -0.144. The number of benzene rings is 3. The third-order valence-electron chi connectivity index (χ3n) is 6.91. The lowest BCUT2D eigenvalue weighted by atomic mass is 9.83. The second-order valence-electron chi connectivity index (χ2n) is 9.75. The minimum Gasteiger partial charge on any atom is -0.332 e. The molecule has 3 aromatic carbocycles. The fourth-order valence-corrected chi connectivity index (χ4v) is 7.14. The number of anilines is 3. The van der Waals surface area contributed by atoms with Crippen LogP contribution in [0, 0.1) is 11.3 Å². The van der Waals surface area contributed by atoms with Gasteiger partial charge in [0.15, 0.2) is 10.9 Å². The molecule has 0 fully saturated rings. The van der Waals surface area contributed by atoms with E-state index in [4.69, 9.17) is 12.2 Å². The van der Waals surface area contributed by atoms with Crippen molar-refractivity contribution in [3.63, 3.8) is 0 Å². The molecule has 3 N–H and O–H groups in total. The van der Waals surface area contributed by atoms with E-state index in [0.717, 1.165) is 41.1 Å². The van der Waals surface area contributed by atoms with E-state index in [1.54, 1.807) is 24.3 Å². The Kier molecular flexibility index (Phi) is 9.14. The predicted octanol–water partition coefficient (Wildman–Crippen LogP) is 7.63. The number of hydrogen-bond donors (Lipinski definition) is 3. The first-order valence-corrected chi connectivity index (χ1v) is 15.4. The first-order valence-electron chi connectivity index (χ1n) is 13.2. The molecular formula is C32H28N4O2S3. The Bertz CT molecular complexity index is 1630. The molecule has 1 amide bonds. The number of rotatable bonds is 8. The van der Waals surface area contributed by atoms with E-state index in [1.165, 1.54) is 40.5 Å². The summed E-state index contributed by atoms with van der Waals surface area (Å²) in [5, 5.41) is 20.2. The van der Waals surface area contributed by atoms with E-state index in [1.807, 2.05) is 30.3 Å². The molecule has 0 saturated heterocycles. The molecule has 0 radical (unpaired) electrons. The molecule has 1 heterocycles. The van der Waals surface area contributed by atoms with Gasteiger partial charge in [0.1, 0.15) is 11.1 Å². The highest BCUT2D eigenvalue weighted by Gasteiger charge is 2.27. The van der Waals surface area contributed by atoms with E-state index in [-0.39, 0.29) is 17.4 Å². The molecule has 1 aliphatic carbocycles. The number of thiocarbonyl (C=S) groups is 1. The van der Waals surface area contributed by atoms with E-state index >= 15 is 0 Å². The summed E-state index contributed by atoms with van der Waals surface area (Å²) in [4.78, 5) is 26.5. The topological polar surface area (TPSA) is 94.0 Å². The molecule has 1 aromatic heterocycles. The van der Waals surface area contributed by atoms with Gasteiger partial charge in [-0.2, -0.15) is 5.26 Å². The Hall–Kier alpha value is -3.97. The number of nitrogens with one attached hydrogen (secondary N) is 3. The van der Waals surface area contributed by atoms with Gasteiger partial charge >= 0.3 is 0 Å². The molecule has 9 heteroatoms. The summed E-state index contributed by atoms with van der Waals surface area (Å²) < 4.78 is 0. The average Bonchev–Trinajstić information content (AvgIpc) is 3.33. The highest BCUT2D eigenvalue weighted by Crippen LogP contribution is 2.42. The van der Waals surface area contributed by atoms with Gasteiger partial charge in [-0.25, -0.2) is 0 Å². The van der Waals surface area contributed by atoms with Gasteiger partial charge in [0.2, 0.25) is 5.91 Å². The van der Waals surface area contributed by atoms with Crippen LogP contribution < -0.4 is 16.0 Å². The van der Waals surface area contributed by atoms with Crippen molar-refractivity contribution in [2.75, 3.05) is 21.7 Å². The molecular weight excluding hydrogens is 569 g/mol. The summed E-state index contributed by atoms with van der Waals surface area (Å²) in [5.74, 6) is 0.519. The first kappa shape index (κ1) is 28.6. The fraction of sp³-hybridized carbons (Fsp3) is 0.188. The Morgan fingerprint density at radius 1 is 1.00 bits per heavy atom. The van der Waals surface area contributed by atoms with Crippen molar-refractivity contribution < 1.29 is 9.59 Å². The minimum absolute atomic E-state index is 0.0113. The van der Waals surface area contributed by atoms with Crippen LogP contribution in [0.3, 0.4) is 0 Å². The van der Waals surface area contributed by atoms with Gasteiger partial charge in [-0.05, 0) is 97.9 Å². The van der Waals surface area contributed by atoms with Crippen LogP contribution in [-0.4, -0.2) is 22.6 Å². The zero-order valence-corrected chi connectivity index (χ0v) is 24.8. The number of amides is 1. The predicted molar refractivity (Wildman–Crippen MR) is 172 cm³/mol. The number of ketones is 1. The lowest BCUT2D eigenvalue weighted by molar-refractivity contribution is -0.113. The highest BCUT2D eigenvalue weighted by atomic mass is 32.2. The summed E-state index contributed by atoms with van der Waals surface area (Å²) in [6.45, 7) is 1.53. The lowest BCUT2D eigenvalue weighted by Gasteiger charge is -2.22. The van der Waals surface area contributed by atoms with Crippen molar-refractivity contribution >= 4 is 68.5 Å². The van der Waals surface area contributed by atoms with E-state index < -0.39 is 0 Å². The maximum Gasteiger partial charge on any atom is 0.235 e. The summed E-state index contributed by atoms with van der Waals surface area (Å²) in [6.07, 6.45) is 2.74. The molecule has 1 unspecified atom stereocenters. The van der Waals surface area contributed by atoms with Crippen LogP contribution in [0.1, 0.15) is 51.2 Å². The van der Waals surface area contributed by atoms with Crippen LogP contribution in [0.2, 0.25) is 0 Å². The monoisotopic (exact) mass is 596 g/mol. The summed E-state index contributed by atoms with van der Waals surface area (Å²) in [7, 11) is 0. The maximum atomic E-state index is 12.9. The van der Waals surface area contributed by atoms with Crippen LogP contribution in [-0.2, 0) is 17.6 Å². The van der Waals surface area contributed by atoms with Crippen molar-refractivity contribution in [2.24, 2.45) is 0 Å². The summed E-state index contributed by atoms with van der Waals surface area (Å²) >= 11 is 8.39. The molecule has 6 nitrogen and oxygen atoms in total. The number of Topliss-reactive ketones (excluding diaryl/α,β-unsaturated/α-hetero) is 1. The molecule has 0 saturated carbocycles. The Morgan fingerprint density at radius 2 is 1.76 bits per heavy atom. The quantitative estimate of drug-likeness (QED) is 0.109. The third-order valence-corrected chi connectivity index (χ3v) is 9.28. The van der Waals surface area contributed by atoms with Crippen LogP contribution in [0.15, 0.2) is 83.8 Å². The van der Waals surface area contributed by atoms with Crippen molar-refractivity contribution in [3.05, 3.63) is 106 Å². The van der Waals surface area contributed by atoms with Crippen LogP contribution in [0.5, 0.6) is 0 Å². The Morgan fingerprint density at radius 3 is 2.49 bits per heavy atom. The number of fused-ring (bicyclic) bond motifs is 1. The number of hydrogen-bond acceptors (Lipinski definition) is 6. The smallest absolute Gasteiger partial charge is 0.235 e. The van der Waals surface area contributed by atoms with Gasteiger partial charge in [0.25, 0.3) is 0 Å². The van der Waals surface area contributed by atoms with Crippen LogP contribution in [0.25, 0.3) is 0 Å². The molecule has 1 atom stereocenters. The number of carbonyl (C=O) groups excluding carboxylic acids is 2. The van der Waals surface area contributed by atoms with Crippen molar-refractivity contribution in [1.29, 1.82) is 5.26 Å². The van der Waals surface area contributed by atoms with Gasteiger partial charge in [-0.15, -0.1) is 23.1 Å². The SMILES string of the molecule is CC(=O)c1ccc(NC(=S)Nc2cccc(SCC(=O)Nc3sc4c(c3C#N)CCC(c3ccccc3)C4)c2)cc1. The standard InChI is InChI=1S/C32H28N4O2S3/c1-20(37)21-10-13-24(14-11-21)34-32(39)35-25-8-5-9-26(17-25)40-19-30(38)36-31-28(18-33)27-15-12-23(16-29(27)41-31)22-6-3-2-4-7-22/h2-11,13-14,17,23H,12,15-16,19H2,1H3,(H,36,38)(H2,34,35,39). The lowest BCUT2D eigenvalue weighted by Crippen LogP contribution is -2.19. The second kappa shape index (κ2) is 13.1. The maximum absolute atomic E-state index is 12.9. The van der Waals surface area contributed by atoms with Gasteiger partial charge in [-0.1, -0.05) is 36.4 Å². The van der Waals surface area contributed by atoms with Gasteiger partial charge in [0, 0.05) is 26.7 Å².